The normalized spacial score (nSPS) is 12.3. The van der Waals surface area contributed by atoms with Crippen molar-refractivity contribution < 1.29 is 19.1 Å². The van der Waals surface area contributed by atoms with Gasteiger partial charge in [-0.1, -0.05) is 123 Å². The molecule has 0 aliphatic heterocycles. The van der Waals surface area contributed by atoms with Gasteiger partial charge in [0, 0.05) is 18.8 Å². The molecule has 0 radical (unpaired) electrons. The molecule has 4 nitrogen and oxygen atoms in total. The van der Waals surface area contributed by atoms with E-state index in [4.69, 9.17) is 9.47 Å². The molecule has 0 bridgehead atoms. The largest absolute Gasteiger partial charge is 0.466 e. The van der Waals surface area contributed by atoms with E-state index < -0.39 is 6.10 Å². The molecule has 0 saturated heterocycles. The summed E-state index contributed by atoms with van der Waals surface area (Å²) in [5.41, 5.74) is 0.751. The predicted molar refractivity (Wildman–Crippen MR) is 147 cm³/mol. The second-order valence-electron chi connectivity index (χ2n) is 10.0. The third kappa shape index (κ3) is 22.4. The summed E-state index contributed by atoms with van der Waals surface area (Å²) < 4.78 is 10.9. The van der Waals surface area contributed by atoms with Crippen LogP contribution < -0.4 is 0 Å². The maximum atomic E-state index is 12.2. The summed E-state index contributed by atoms with van der Waals surface area (Å²) in [6, 6.07) is 0. The van der Waals surface area contributed by atoms with E-state index in [1.807, 2.05) is 13.8 Å². The summed E-state index contributed by atoms with van der Waals surface area (Å²) in [5, 5.41) is 0. The number of allylic oxidation sites excluding steroid dienone is 1. The van der Waals surface area contributed by atoms with Gasteiger partial charge in [0.1, 0.15) is 0 Å². The number of hydrogen-bond donors (Lipinski definition) is 0. The fourth-order valence-electron chi connectivity index (χ4n) is 4.04. The average molecular weight is 491 g/mol. The molecule has 0 spiro atoms. The van der Waals surface area contributed by atoms with Crippen LogP contribution in [-0.4, -0.2) is 24.6 Å². The van der Waals surface area contributed by atoms with Crippen molar-refractivity contribution in [2.24, 2.45) is 5.92 Å². The summed E-state index contributed by atoms with van der Waals surface area (Å²) in [7, 11) is 0. The molecule has 0 aromatic heterocycles. The van der Waals surface area contributed by atoms with Crippen LogP contribution in [0.3, 0.4) is 0 Å². The van der Waals surface area contributed by atoms with Crippen molar-refractivity contribution >= 4 is 11.9 Å². The van der Waals surface area contributed by atoms with Crippen LogP contribution in [-0.2, 0) is 19.1 Å². The van der Waals surface area contributed by atoms with Crippen LogP contribution in [0.4, 0.5) is 0 Å². The smallest absolute Gasteiger partial charge is 0.307 e. The molecule has 0 rings (SSSR count). The Balaban J connectivity index is 3.74. The molecule has 0 N–H and O–H groups in total. The Hall–Kier alpha value is -1.76. The van der Waals surface area contributed by atoms with Crippen LogP contribution >= 0.6 is 0 Å². The molecule has 202 valence electrons. The molecule has 0 saturated carbocycles. The fraction of sp³-hybridized carbons (Fsp3) is 0.806. The second-order valence-corrected chi connectivity index (χ2v) is 10.0. The summed E-state index contributed by atoms with van der Waals surface area (Å²) in [6.45, 7) is 12.5. The lowest BCUT2D eigenvalue weighted by atomic mass is 9.99. The van der Waals surface area contributed by atoms with Crippen molar-refractivity contribution in [2.75, 3.05) is 6.61 Å². The molecular formula is C31H54O4. The third-order valence-corrected chi connectivity index (χ3v) is 6.22. The van der Waals surface area contributed by atoms with Gasteiger partial charge >= 0.3 is 11.9 Å². The molecule has 35 heavy (non-hydrogen) atoms. The lowest BCUT2D eigenvalue weighted by molar-refractivity contribution is -0.149. The molecule has 0 amide bonds. The molecule has 0 aliphatic rings. The summed E-state index contributed by atoms with van der Waals surface area (Å²) in [6.07, 6.45) is 19.3. The molecule has 0 aliphatic carbocycles. The number of carbonyl (C=O) groups excluding carboxylic acids is 2. The van der Waals surface area contributed by atoms with Crippen molar-refractivity contribution in [2.45, 2.75) is 149 Å². The van der Waals surface area contributed by atoms with Crippen LogP contribution in [0.5, 0.6) is 0 Å². The van der Waals surface area contributed by atoms with E-state index in [2.05, 4.69) is 32.3 Å². The van der Waals surface area contributed by atoms with Crippen LogP contribution in [0.2, 0.25) is 0 Å². The second kappa shape index (κ2) is 24.0. The first-order valence-corrected chi connectivity index (χ1v) is 14.4. The zero-order valence-electron chi connectivity index (χ0n) is 23.4. The highest BCUT2D eigenvalue weighted by molar-refractivity contribution is 5.72. The number of rotatable bonds is 22. The number of hydrogen-bond acceptors (Lipinski definition) is 4. The van der Waals surface area contributed by atoms with Gasteiger partial charge in [0.05, 0.1) is 6.61 Å². The standard InChI is InChI=1S/C31H54O4/c1-6-8-9-10-11-12-13-14-15-16-17-18-19-26-34-30(32)22-20-23-31(33)35-29(25-24-27(3)4)28(5)21-7-2/h28-29H,3,6-23,26H2,1-2,4-5H3. The van der Waals surface area contributed by atoms with Crippen LogP contribution in [0.1, 0.15) is 143 Å². The highest BCUT2D eigenvalue weighted by Gasteiger charge is 2.19. The van der Waals surface area contributed by atoms with E-state index in [0.717, 1.165) is 31.3 Å². The Labute approximate surface area is 217 Å². The lowest BCUT2D eigenvalue weighted by Gasteiger charge is -2.19. The van der Waals surface area contributed by atoms with Crippen molar-refractivity contribution in [1.29, 1.82) is 0 Å². The van der Waals surface area contributed by atoms with E-state index in [0.29, 0.717) is 13.0 Å². The van der Waals surface area contributed by atoms with Gasteiger partial charge in [0.25, 0.3) is 0 Å². The van der Waals surface area contributed by atoms with E-state index in [-0.39, 0.29) is 30.7 Å². The van der Waals surface area contributed by atoms with Gasteiger partial charge in [-0.2, -0.15) is 0 Å². The quantitative estimate of drug-likeness (QED) is 0.0865. The highest BCUT2D eigenvalue weighted by Crippen LogP contribution is 2.16. The minimum atomic E-state index is -0.429. The van der Waals surface area contributed by atoms with Crippen LogP contribution in [0, 0.1) is 17.8 Å². The Morgan fingerprint density at radius 1 is 0.743 bits per heavy atom. The number of esters is 2. The topological polar surface area (TPSA) is 52.6 Å². The first-order chi connectivity index (χ1) is 16.9. The number of carbonyl (C=O) groups is 2. The van der Waals surface area contributed by atoms with Crippen molar-refractivity contribution in [3.8, 4) is 11.8 Å². The van der Waals surface area contributed by atoms with Gasteiger partial charge in [-0.15, -0.1) is 0 Å². The maximum Gasteiger partial charge on any atom is 0.307 e. The molecule has 2 unspecified atom stereocenters. The summed E-state index contributed by atoms with van der Waals surface area (Å²) in [5.74, 6) is 5.58. The Morgan fingerprint density at radius 3 is 1.77 bits per heavy atom. The molecule has 0 aromatic rings. The number of unbranched alkanes of at least 4 members (excludes halogenated alkanes) is 12. The average Bonchev–Trinajstić information content (AvgIpc) is 2.82. The Kier molecular flexibility index (Phi) is 22.8. The van der Waals surface area contributed by atoms with Gasteiger partial charge in [0.15, 0.2) is 6.10 Å². The third-order valence-electron chi connectivity index (χ3n) is 6.22. The summed E-state index contributed by atoms with van der Waals surface area (Å²) in [4.78, 5) is 24.2. The van der Waals surface area contributed by atoms with E-state index >= 15 is 0 Å². The van der Waals surface area contributed by atoms with Crippen LogP contribution in [0.25, 0.3) is 0 Å². The van der Waals surface area contributed by atoms with Crippen LogP contribution in [0.15, 0.2) is 12.2 Å². The Morgan fingerprint density at radius 2 is 1.26 bits per heavy atom. The highest BCUT2D eigenvalue weighted by atomic mass is 16.5. The zero-order chi connectivity index (χ0) is 26.2. The molecule has 2 atom stereocenters. The fourth-order valence-corrected chi connectivity index (χ4v) is 4.04. The molecular weight excluding hydrogens is 436 g/mol. The van der Waals surface area contributed by atoms with Crippen molar-refractivity contribution in [3.05, 3.63) is 12.2 Å². The SMILES string of the molecule is C=C(C)C#CC(OC(=O)CCCC(=O)OCCCCCCCCCCCCCCC)C(C)CCC. The van der Waals surface area contributed by atoms with E-state index in [1.54, 1.807) is 0 Å². The van der Waals surface area contributed by atoms with Gasteiger partial charge in [-0.3, -0.25) is 9.59 Å². The Bertz CT molecular complexity index is 613. The van der Waals surface area contributed by atoms with Crippen molar-refractivity contribution in [3.63, 3.8) is 0 Å². The zero-order valence-corrected chi connectivity index (χ0v) is 23.4. The van der Waals surface area contributed by atoms with Gasteiger partial charge in [-0.25, -0.2) is 0 Å². The number of ether oxygens (including phenoxy) is 2. The van der Waals surface area contributed by atoms with E-state index in [1.165, 1.54) is 70.6 Å². The maximum absolute atomic E-state index is 12.2. The molecule has 0 aromatic carbocycles. The van der Waals surface area contributed by atoms with E-state index in [9.17, 15) is 9.59 Å². The molecule has 4 heteroatoms. The first-order valence-electron chi connectivity index (χ1n) is 14.4. The van der Waals surface area contributed by atoms with Gasteiger partial charge in [0.2, 0.25) is 0 Å². The van der Waals surface area contributed by atoms with Gasteiger partial charge in [-0.05, 0) is 31.8 Å². The minimum absolute atomic E-state index is 0.168. The lowest BCUT2D eigenvalue weighted by Crippen LogP contribution is -2.24. The molecule has 0 fully saturated rings. The monoisotopic (exact) mass is 490 g/mol. The first kappa shape index (κ1) is 33.2. The molecule has 0 heterocycles. The van der Waals surface area contributed by atoms with Gasteiger partial charge < -0.3 is 9.47 Å². The minimum Gasteiger partial charge on any atom is -0.466 e. The van der Waals surface area contributed by atoms with Crippen molar-refractivity contribution in [1.82, 2.24) is 0 Å². The summed E-state index contributed by atoms with van der Waals surface area (Å²) >= 11 is 0. The predicted octanol–water partition coefficient (Wildman–Crippen LogP) is 8.72.